The summed E-state index contributed by atoms with van der Waals surface area (Å²) in [4.78, 5) is 36.8. The minimum Gasteiger partial charge on any atom is -0.372 e. The second-order valence-electron chi connectivity index (χ2n) is 8.01. The molecular weight excluding hydrogens is 428 g/mol. The van der Waals surface area contributed by atoms with Crippen LogP contribution >= 0.6 is 23.1 Å². The Hall–Kier alpha value is -2.32. The number of carbonyl (C=O) groups is 1. The summed E-state index contributed by atoms with van der Waals surface area (Å²) in [6.45, 7) is 8.03. The van der Waals surface area contributed by atoms with Gasteiger partial charge in [-0.05, 0) is 69.9 Å². The lowest BCUT2D eigenvalue weighted by Gasteiger charge is -2.28. The van der Waals surface area contributed by atoms with E-state index in [1.165, 1.54) is 48.0 Å². The Labute approximate surface area is 190 Å². The van der Waals surface area contributed by atoms with E-state index in [1.807, 2.05) is 32.9 Å². The average molecular weight is 457 g/mol. The van der Waals surface area contributed by atoms with Crippen molar-refractivity contribution in [1.29, 1.82) is 0 Å². The van der Waals surface area contributed by atoms with Gasteiger partial charge < -0.3 is 15.2 Å². The molecule has 1 amide bonds. The number of amides is 1. The summed E-state index contributed by atoms with van der Waals surface area (Å²) in [6, 6.07) is 8.09. The lowest BCUT2D eigenvalue weighted by Crippen LogP contribution is -2.29. The Balaban J connectivity index is 1.34. The zero-order valence-electron chi connectivity index (χ0n) is 18.2. The number of hydrogen-bond donors (Lipinski definition) is 2. The lowest BCUT2D eigenvalue weighted by molar-refractivity contribution is -0.115. The molecule has 1 saturated heterocycles. The molecule has 8 heteroatoms. The number of nitrogens with one attached hydrogen (secondary N) is 2. The first-order valence-corrected chi connectivity index (χ1v) is 12.6. The number of aromatic amines is 1. The molecule has 6 nitrogen and oxygen atoms in total. The van der Waals surface area contributed by atoms with Crippen LogP contribution in [-0.4, -0.2) is 34.2 Å². The summed E-state index contributed by atoms with van der Waals surface area (Å²) < 4.78 is 0. The number of H-pyrrole nitrogens is 1. The predicted octanol–water partition coefficient (Wildman–Crippen LogP) is 4.85. The molecule has 3 heterocycles. The van der Waals surface area contributed by atoms with Gasteiger partial charge in [-0.15, -0.1) is 23.1 Å². The Bertz CT molecular complexity index is 1130. The standard InChI is InChI=1S/C23H28N4O2S2/c1-14-15(2)31-23-20(14)22(29)25-19(26-23)13-30-16(3)21(28)24-17-7-9-18(10-8-17)27-11-5-4-6-12-27/h7-10,16H,4-6,11-13H2,1-3H3,(H,24,28)(H,25,26,29). The molecule has 2 N–H and O–H groups in total. The van der Waals surface area contributed by atoms with Crippen LogP contribution in [-0.2, 0) is 10.5 Å². The number of rotatable bonds is 6. The highest BCUT2D eigenvalue weighted by Gasteiger charge is 2.17. The number of nitrogens with zero attached hydrogens (tertiary/aromatic N) is 2. The molecule has 0 bridgehead atoms. The third kappa shape index (κ3) is 4.96. The van der Waals surface area contributed by atoms with Gasteiger partial charge in [0.15, 0.2) is 0 Å². The highest BCUT2D eigenvalue weighted by atomic mass is 32.2. The molecule has 4 rings (SSSR count). The van der Waals surface area contributed by atoms with Crippen LogP contribution in [0.15, 0.2) is 29.1 Å². The van der Waals surface area contributed by atoms with Gasteiger partial charge in [-0.3, -0.25) is 9.59 Å². The van der Waals surface area contributed by atoms with Gasteiger partial charge in [-0.25, -0.2) is 4.98 Å². The molecule has 1 aliphatic heterocycles. The van der Waals surface area contributed by atoms with E-state index < -0.39 is 0 Å². The number of thioether (sulfide) groups is 1. The van der Waals surface area contributed by atoms with E-state index in [9.17, 15) is 9.59 Å². The number of fused-ring (bicyclic) bond motifs is 1. The molecule has 164 valence electrons. The maximum atomic E-state index is 12.6. The minimum absolute atomic E-state index is 0.0537. The van der Waals surface area contributed by atoms with Crippen LogP contribution in [0.3, 0.4) is 0 Å². The van der Waals surface area contributed by atoms with E-state index in [4.69, 9.17) is 0 Å². The molecule has 1 aliphatic rings. The van der Waals surface area contributed by atoms with Gasteiger partial charge in [0.2, 0.25) is 5.91 Å². The summed E-state index contributed by atoms with van der Waals surface area (Å²) in [5, 5.41) is 3.40. The minimum atomic E-state index is -0.269. The highest BCUT2D eigenvalue weighted by molar-refractivity contribution is 7.99. The number of aryl methyl sites for hydroxylation is 2. The molecule has 0 saturated carbocycles. The van der Waals surface area contributed by atoms with Crippen molar-refractivity contribution < 1.29 is 4.79 Å². The van der Waals surface area contributed by atoms with E-state index in [-0.39, 0.29) is 16.7 Å². The molecule has 2 aromatic heterocycles. The fraction of sp³-hybridized carbons (Fsp3) is 0.435. The van der Waals surface area contributed by atoms with Crippen LogP contribution in [0.2, 0.25) is 0 Å². The maximum absolute atomic E-state index is 12.6. The number of aromatic nitrogens is 2. The number of piperidine rings is 1. The van der Waals surface area contributed by atoms with E-state index in [1.54, 1.807) is 0 Å². The molecule has 31 heavy (non-hydrogen) atoms. The number of anilines is 2. The molecule has 1 fully saturated rings. The largest absolute Gasteiger partial charge is 0.372 e. The molecule has 3 aromatic rings. The molecular formula is C23H28N4O2S2. The molecule has 0 spiro atoms. The van der Waals surface area contributed by atoms with Crippen LogP contribution in [0.4, 0.5) is 11.4 Å². The summed E-state index contributed by atoms with van der Waals surface area (Å²) in [5.74, 6) is 1.03. The van der Waals surface area contributed by atoms with Gasteiger partial charge in [-0.1, -0.05) is 0 Å². The van der Waals surface area contributed by atoms with Crippen LogP contribution in [0.1, 0.15) is 42.5 Å². The lowest BCUT2D eigenvalue weighted by atomic mass is 10.1. The Morgan fingerprint density at radius 1 is 1.23 bits per heavy atom. The van der Waals surface area contributed by atoms with E-state index in [0.29, 0.717) is 17.0 Å². The average Bonchev–Trinajstić information content (AvgIpc) is 3.07. The van der Waals surface area contributed by atoms with Gasteiger partial charge in [0.25, 0.3) is 5.56 Å². The van der Waals surface area contributed by atoms with E-state index >= 15 is 0 Å². The second kappa shape index (κ2) is 9.44. The first-order valence-electron chi connectivity index (χ1n) is 10.7. The predicted molar refractivity (Wildman–Crippen MR) is 132 cm³/mol. The van der Waals surface area contributed by atoms with Gasteiger partial charge in [0.1, 0.15) is 10.7 Å². The Morgan fingerprint density at radius 2 is 1.94 bits per heavy atom. The van der Waals surface area contributed by atoms with Crippen LogP contribution < -0.4 is 15.8 Å². The quantitative estimate of drug-likeness (QED) is 0.554. The fourth-order valence-corrected chi connectivity index (χ4v) is 5.60. The van der Waals surface area contributed by atoms with E-state index in [0.717, 1.165) is 34.0 Å². The molecule has 0 radical (unpaired) electrons. The maximum Gasteiger partial charge on any atom is 0.259 e. The number of carbonyl (C=O) groups excluding carboxylic acids is 1. The second-order valence-corrected chi connectivity index (χ2v) is 10.5. The highest BCUT2D eigenvalue weighted by Crippen LogP contribution is 2.27. The zero-order valence-corrected chi connectivity index (χ0v) is 19.8. The van der Waals surface area contributed by atoms with Crippen molar-refractivity contribution in [2.24, 2.45) is 0 Å². The Kier molecular flexibility index (Phi) is 6.67. The molecule has 1 atom stereocenters. The zero-order chi connectivity index (χ0) is 22.0. The molecule has 0 aliphatic carbocycles. The van der Waals surface area contributed by atoms with Crippen molar-refractivity contribution in [3.05, 3.63) is 50.9 Å². The summed E-state index contributed by atoms with van der Waals surface area (Å²) in [7, 11) is 0. The summed E-state index contributed by atoms with van der Waals surface area (Å²) >= 11 is 3.00. The number of benzene rings is 1. The van der Waals surface area contributed by atoms with Crippen molar-refractivity contribution in [3.63, 3.8) is 0 Å². The number of thiophene rings is 1. The monoisotopic (exact) mass is 456 g/mol. The topological polar surface area (TPSA) is 78.1 Å². The van der Waals surface area contributed by atoms with Crippen LogP contribution in [0, 0.1) is 13.8 Å². The summed E-state index contributed by atoms with van der Waals surface area (Å²) in [6.07, 6.45) is 3.79. The fourth-order valence-electron chi connectivity index (χ4n) is 3.80. The van der Waals surface area contributed by atoms with Crippen molar-refractivity contribution in [2.45, 2.75) is 51.0 Å². The normalized spacial score (nSPS) is 15.3. The van der Waals surface area contributed by atoms with Crippen molar-refractivity contribution >= 4 is 50.6 Å². The van der Waals surface area contributed by atoms with Gasteiger partial charge in [-0.2, -0.15) is 0 Å². The van der Waals surface area contributed by atoms with Crippen molar-refractivity contribution in [3.8, 4) is 0 Å². The molecule has 1 unspecified atom stereocenters. The first kappa shape index (κ1) is 21.9. The smallest absolute Gasteiger partial charge is 0.259 e. The van der Waals surface area contributed by atoms with Gasteiger partial charge in [0.05, 0.1) is 16.4 Å². The first-order chi connectivity index (χ1) is 14.9. The molecule has 1 aromatic carbocycles. The number of hydrogen-bond acceptors (Lipinski definition) is 6. The third-order valence-corrected chi connectivity index (χ3v) is 8.04. The summed E-state index contributed by atoms with van der Waals surface area (Å²) in [5.41, 5.74) is 2.90. The van der Waals surface area contributed by atoms with Crippen molar-refractivity contribution in [1.82, 2.24) is 9.97 Å². The Morgan fingerprint density at radius 3 is 2.65 bits per heavy atom. The van der Waals surface area contributed by atoms with E-state index in [2.05, 4.69) is 32.3 Å². The van der Waals surface area contributed by atoms with Gasteiger partial charge >= 0.3 is 0 Å². The van der Waals surface area contributed by atoms with Crippen molar-refractivity contribution in [2.75, 3.05) is 23.3 Å². The SMILES string of the molecule is Cc1sc2nc(CSC(C)C(=O)Nc3ccc(N4CCCCC4)cc3)[nH]c(=O)c2c1C. The van der Waals surface area contributed by atoms with Crippen LogP contribution in [0.25, 0.3) is 10.2 Å². The van der Waals surface area contributed by atoms with Gasteiger partial charge in [0, 0.05) is 29.3 Å². The third-order valence-electron chi connectivity index (χ3n) is 5.78. The van der Waals surface area contributed by atoms with Crippen LogP contribution in [0.5, 0.6) is 0 Å².